The molecule has 23 heavy (non-hydrogen) atoms. The van der Waals surface area contributed by atoms with Gasteiger partial charge in [0.2, 0.25) is 5.91 Å². The number of hydrogen-bond acceptors (Lipinski definition) is 2. The lowest BCUT2D eigenvalue weighted by Gasteiger charge is -2.28. The molecular weight excluding hydrogens is 295 g/mol. The molecule has 1 aromatic rings. The van der Waals surface area contributed by atoms with E-state index in [-0.39, 0.29) is 30.5 Å². The number of amides is 2. The molecular formula is C18H23FN2O2. The van der Waals surface area contributed by atoms with Crippen LogP contribution in [0.3, 0.4) is 0 Å². The summed E-state index contributed by atoms with van der Waals surface area (Å²) in [5.41, 5.74) is -0.00121. The first-order valence-electron chi connectivity index (χ1n) is 8.06. The first-order valence-corrected chi connectivity index (χ1v) is 8.06. The lowest BCUT2D eigenvalue weighted by atomic mass is 10.2. The van der Waals surface area contributed by atoms with E-state index in [2.05, 4.69) is 11.9 Å². The molecule has 1 N–H and O–H groups in total. The molecule has 0 heterocycles. The fourth-order valence-corrected chi connectivity index (χ4v) is 2.98. The van der Waals surface area contributed by atoms with Gasteiger partial charge in [0.05, 0.1) is 5.56 Å². The number of halogens is 1. The van der Waals surface area contributed by atoms with Gasteiger partial charge in [-0.15, -0.1) is 6.58 Å². The Balaban J connectivity index is 1.84. The Hall–Kier alpha value is -2.17. The standard InChI is InChI=1S/C18H23FN2O2/c1-2-13-21(14-7-3-4-8-14)17(22)11-12-20-18(23)15-9-5-6-10-16(15)19/h2,5-6,9-10,14H,1,3-4,7-8,11-13H2,(H,20,23). The third-order valence-corrected chi connectivity index (χ3v) is 4.15. The van der Waals surface area contributed by atoms with Gasteiger partial charge in [0.1, 0.15) is 5.82 Å². The van der Waals surface area contributed by atoms with Gasteiger partial charge in [-0.25, -0.2) is 4.39 Å². The predicted octanol–water partition coefficient (Wildman–Crippen LogP) is 2.90. The normalized spacial score (nSPS) is 14.5. The van der Waals surface area contributed by atoms with Gasteiger partial charge >= 0.3 is 0 Å². The Morgan fingerprint density at radius 2 is 2.00 bits per heavy atom. The van der Waals surface area contributed by atoms with Crippen LogP contribution in [-0.4, -0.2) is 35.8 Å². The van der Waals surface area contributed by atoms with E-state index in [1.54, 1.807) is 12.1 Å². The minimum atomic E-state index is -0.560. The van der Waals surface area contributed by atoms with Crippen molar-refractivity contribution in [2.24, 2.45) is 0 Å². The number of rotatable bonds is 7. The molecule has 0 bridgehead atoms. The molecule has 0 saturated heterocycles. The van der Waals surface area contributed by atoms with Crippen molar-refractivity contribution in [1.82, 2.24) is 10.2 Å². The lowest BCUT2D eigenvalue weighted by Crippen LogP contribution is -2.40. The van der Waals surface area contributed by atoms with Crippen molar-refractivity contribution in [3.63, 3.8) is 0 Å². The SMILES string of the molecule is C=CCN(C(=O)CCNC(=O)c1ccccc1F)C1CCCC1. The summed E-state index contributed by atoms with van der Waals surface area (Å²) >= 11 is 0. The van der Waals surface area contributed by atoms with E-state index >= 15 is 0 Å². The molecule has 4 nitrogen and oxygen atoms in total. The fraction of sp³-hybridized carbons (Fsp3) is 0.444. The molecule has 0 atom stereocenters. The summed E-state index contributed by atoms with van der Waals surface area (Å²) in [7, 11) is 0. The topological polar surface area (TPSA) is 49.4 Å². The van der Waals surface area contributed by atoms with Crippen molar-refractivity contribution in [3.05, 3.63) is 48.3 Å². The van der Waals surface area contributed by atoms with Gasteiger partial charge in [0.25, 0.3) is 5.91 Å². The summed E-state index contributed by atoms with van der Waals surface area (Å²) in [6.45, 7) is 4.44. The Kier molecular flexibility index (Phi) is 6.32. The highest BCUT2D eigenvalue weighted by Gasteiger charge is 2.25. The van der Waals surface area contributed by atoms with Gasteiger partial charge in [-0.1, -0.05) is 31.1 Å². The Morgan fingerprint density at radius 3 is 2.65 bits per heavy atom. The zero-order valence-electron chi connectivity index (χ0n) is 13.3. The Labute approximate surface area is 136 Å². The van der Waals surface area contributed by atoms with E-state index in [9.17, 15) is 14.0 Å². The summed E-state index contributed by atoms with van der Waals surface area (Å²) in [4.78, 5) is 26.1. The van der Waals surface area contributed by atoms with E-state index in [0.717, 1.165) is 25.7 Å². The van der Waals surface area contributed by atoms with Crippen molar-refractivity contribution in [1.29, 1.82) is 0 Å². The van der Waals surface area contributed by atoms with E-state index in [0.29, 0.717) is 6.54 Å². The molecule has 1 saturated carbocycles. The minimum Gasteiger partial charge on any atom is -0.351 e. The molecule has 2 rings (SSSR count). The highest BCUT2D eigenvalue weighted by Crippen LogP contribution is 2.23. The fourth-order valence-electron chi connectivity index (χ4n) is 2.98. The zero-order valence-corrected chi connectivity index (χ0v) is 13.3. The average Bonchev–Trinajstić information content (AvgIpc) is 3.06. The van der Waals surface area contributed by atoms with Gasteiger partial charge < -0.3 is 10.2 Å². The van der Waals surface area contributed by atoms with Gasteiger partial charge in [-0.05, 0) is 25.0 Å². The van der Waals surface area contributed by atoms with Crippen LogP contribution in [-0.2, 0) is 4.79 Å². The second kappa shape index (κ2) is 8.46. The van der Waals surface area contributed by atoms with Crippen LogP contribution in [0.2, 0.25) is 0 Å². The van der Waals surface area contributed by atoms with Crippen LogP contribution in [0.4, 0.5) is 4.39 Å². The van der Waals surface area contributed by atoms with E-state index in [4.69, 9.17) is 0 Å². The third kappa shape index (κ3) is 4.65. The smallest absolute Gasteiger partial charge is 0.254 e. The number of carbonyl (C=O) groups is 2. The van der Waals surface area contributed by atoms with Crippen LogP contribution in [0.5, 0.6) is 0 Å². The Morgan fingerprint density at radius 1 is 1.30 bits per heavy atom. The van der Waals surface area contributed by atoms with Gasteiger partial charge in [0.15, 0.2) is 0 Å². The number of carbonyl (C=O) groups excluding carboxylic acids is 2. The molecule has 0 aromatic heterocycles. The maximum Gasteiger partial charge on any atom is 0.254 e. The number of nitrogens with one attached hydrogen (secondary N) is 1. The van der Waals surface area contributed by atoms with Gasteiger partial charge in [-0.2, -0.15) is 0 Å². The molecule has 0 unspecified atom stereocenters. The molecule has 1 aliphatic carbocycles. The molecule has 1 fully saturated rings. The first kappa shape index (κ1) is 17.2. The molecule has 5 heteroatoms. The number of benzene rings is 1. The van der Waals surface area contributed by atoms with Crippen LogP contribution in [0, 0.1) is 5.82 Å². The zero-order chi connectivity index (χ0) is 16.7. The first-order chi connectivity index (χ1) is 11.1. The van der Waals surface area contributed by atoms with Crippen molar-refractivity contribution in [3.8, 4) is 0 Å². The second-order valence-electron chi connectivity index (χ2n) is 5.76. The van der Waals surface area contributed by atoms with Crippen molar-refractivity contribution in [2.45, 2.75) is 38.1 Å². The summed E-state index contributed by atoms with van der Waals surface area (Å²) < 4.78 is 13.5. The van der Waals surface area contributed by atoms with E-state index in [1.165, 1.54) is 18.2 Å². The predicted molar refractivity (Wildman–Crippen MR) is 87.5 cm³/mol. The quantitative estimate of drug-likeness (QED) is 0.786. The molecule has 0 radical (unpaired) electrons. The molecule has 1 aromatic carbocycles. The summed E-state index contributed by atoms with van der Waals surface area (Å²) in [6.07, 6.45) is 6.30. The van der Waals surface area contributed by atoms with Crippen LogP contribution < -0.4 is 5.32 Å². The van der Waals surface area contributed by atoms with Crippen molar-refractivity contribution in [2.75, 3.05) is 13.1 Å². The summed E-state index contributed by atoms with van der Waals surface area (Å²) in [5, 5.41) is 2.61. The van der Waals surface area contributed by atoms with E-state index < -0.39 is 11.7 Å². The molecule has 0 aliphatic heterocycles. The van der Waals surface area contributed by atoms with Crippen molar-refractivity contribution >= 4 is 11.8 Å². The van der Waals surface area contributed by atoms with Gasteiger partial charge in [-0.3, -0.25) is 9.59 Å². The van der Waals surface area contributed by atoms with Crippen LogP contribution in [0.25, 0.3) is 0 Å². The summed E-state index contributed by atoms with van der Waals surface area (Å²) in [5.74, 6) is -1.05. The van der Waals surface area contributed by atoms with Crippen LogP contribution in [0.15, 0.2) is 36.9 Å². The largest absolute Gasteiger partial charge is 0.351 e. The number of hydrogen-bond donors (Lipinski definition) is 1. The second-order valence-corrected chi connectivity index (χ2v) is 5.76. The van der Waals surface area contributed by atoms with Crippen molar-refractivity contribution < 1.29 is 14.0 Å². The third-order valence-electron chi connectivity index (χ3n) is 4.15. The van der Waals surface area contributed by atoms with E-state index in [1.807, 2.05) is 4.90 Å². The monoisotopic (exact) mass is 318 g/mol. The highest BCUT2D eigenvalue weighted by atomic mass is 19.1. The molecule has 1 aliphatic rings. The number of nitrogens with zero attached hydrogens (tertiary/aromatic N) is 1. The minimum absolute atomic E-state index is 0.00121. The Bertz CT molecular complexity index is 568. The maximum absolute atomic E-state index is 13.5. The molecule has 2 amide bonds. The highest BCUT2D eigenvalue weighted by molar-refractivity contribution is 5.94. The average molecular weight is 318 g/mol. The van der Waals surface area contributed by atoms with Crippen LogP contribution >= 0.6 is 0 Å². The molecule has 0 spiro atoms. The summed E-state index contributed by atoms with van der Waals surface area (Å²) in [6, 6.07) is 6.09. The maximum atomic E-state index is 13.5. The van der Waals surface area contributed by atoms with Gasteiger partial charge in [0, 0.05) is 25.6 Å². The molecule has 124 valence electrons. The van der Waals surface area contributed by atoms with Crippen LogP contribution in [0.1, 0.15) is 42.5 Å². The lowest BCUT2D eigenvalue weighted by molar-refractivity contribution is -0.132.